The minimum absolute atomic E-state index is 0.631. The largest absolute Gasteiger partial charge is 0.567 e. The Labute approximate surface area is 84.0 Å². The number of benzene rings is 1. The van der Waals surface area contributed by atoms with Crippen molar-refractivity contribution in [2.24, 2.45) is 0 Å². The number of para-hydroxylation sites is 1. The van der Waals surface area contributed by atoms with Gasteiger partial charge in [-0.1, -0.05) is 18.2 Å². The fourth-order valence-corrected chi connectivity index (χ4v) is 1.30. The molecule has 0 aliphatic rings. The summed E-state index contributed by atoms with van der Waals surface area (Å²) in [6, 6.07) is 13.2. The van der Waals surface area contributed by atoms with Crippen molar-refractivity contribution >= 4 is 8.05 Å². The molecule has 0 saturated heterocycles. The van der Waals surface area contributed by atoms with Crippen LogP contribution in [0.5, 0.6) is 5.75 Å². The van der Waals surface area contributed by atoms with Crippen LogP contribution in [0.4, 0.5) is 0 Å². The van der Waals surface area contributed by atoms with Crippen LogP contribution < -0.4 is 4.65 Å². The van der Waals surface area contributed by atoms with Crippen LogP contribution in [0.25, 0.3) is 11.3 Å². The summed E-state index contributed by atoms with van der Waals surface area (Å²) < 4.78 is 4.76. The lowest BCUT2D eigenvalue weighted by Gasteiger charge is -2.07. The average Bonchev–Trinajstić information content (AvgIpc) is 2.30. The minimum atomic E-state index is 0.631. The van der Waals surface area contributed by atoms with Gasteiger partial charge in [0.1, 0.15) is 5.75 Å². The molecule has 0 atom stereocenters. The van der Waals surface area contributed by atoms with E-state index in [1.54, 1.807) is 6.20 Å². The van der Waals surface area contributed by atoms with Crippen molar-refractivity contribution in [3.05, 3.63) is 48.7 Å². The minimum Gasteiger partial charge on any atom is -0.567 e. The van der Waals surface area contributed by atoms with Crippen molar-refractivity contribution in [1.29, 1.82) is 0 Å². The highest BCUT2D eigenvalue weighted by molar-refractivity contribution is 6.00. The fraction of sp³-hybridized carbons (Fsp3) is 0. The van der Waals surface area contributed by atoms with E-state index >= 15 is 0 Å². The van der Waals surface area contributed by atoms with Gasteiger partial charge in [-0.25, -0.2) is 0 Å². The monoisotopic (exact) mass is 181 g/mol. The van der Waals surface area contributed by atoms with Gasteiger partial charge in [0.15, 0.2) is 0 Å². The quantitative estimate of drug-likeness (QED) is 0.662. The molecule has 2 radical (unpaired) electrons. The molecule has 0 spiro atoms. The molecule has 0 aliphatic carbocycles. The molecule has 3 heteroatoms. The number of hydrogen-bond acceptors (Lipinski definition) is 2. The predicted molar refractivity (Wildman–Crippen MR) is 56.1 cm³/mol. The molecular weight excluding hydrogens is 173 g/mol. The Balaban J connectivity index is 2.51. The van der Waals surface area contributed by atoms with E-state index in [4.69, 9.17) is 12.7 Å². The third-order valence-electron chi connectivity index (χ3n) is 1.95. The highest BCUT2D eigenvalue weighted by atomic mass is 16.4. The van der Waals surface area contributed by atoms with Crippen LogP contribution in [0.1, 0.15) is 0 Å². The Morgan fingerprint density at radius 3 is 2.50 bits per heavy atom. The van der Waals surface area contributed by atoms with Gasteiger partial charge in [0.25, 0.3) is 0 Å². The molecule has 0 bridgehead atoms. The van der Waals surface area contributed by atoms with E-state index in [-0.39, 0.29) is 0 Å². The SMILES string of the molecule is [B]Oc1ccccc1-c1ccccn1. The molecule has 1 aromatic heterocycles. The maximum absolute atomic E-state index is 5.16. The number of pyridine rings is 1. The fourth-order valence-electron chi connectivity index (χ4n) is 1.30. The summed E-state index contributed by atoms with van der Waals surface area (Å²) in [5.74, 6) is 0.631. The topological polar surface area (TPSA) is 22.1 Å². The number of hydrogen-bond donors (Lipinski definition) is 0. The molecule has 0 aliphatic heterocycles. The highest BCUT2D eigenvalue weighted by Gasteiger charge is 2.03. The van der Waals surface area contributed by atoms with Crippen molar-refractivity contribution < 1.29 is 4.65 Å². The van der Waals surface area contributed by atoms with Gasteiger partial charge in [-0.15, -0.1) is 0 Å². The van der Waals surface area contributed by atoms with Crippen molar-refractivity contribution in [1.82, 2.24) is 4.98 Å². The van der Waals surface area contributed by atoms with E-state index < -0.39 is 0 Å². The third kappa shape index (κ3) is 1.62. The smallest absolute Gasteiger partial charge is 0.374 e. The van der Waals surface area contributed by atoms with Crippen LogP contribution in [0, 0.1) is 0 Å². The molecule has 1 heterocycles. The Kier molecular flexibility index (Phi) is 2.50. The Hall–Kier alpha value is -1.77. The number of nitrogens with zero attached hydrogens (tertiary/aromatic N) is 1. The number of rotatable bonds is 2. The molecule has 2 aromatic rings. The van der Waals surface area contributed by atoms with Crippen molar-refractivity contribution in [3.63, 3.8) is 0 Å². The lowest BCUT2D eigenvalue weighted by molar-refractivity contribution is 0.618. The molecule has 0 fully saturated rings. The Bertz CT molecular complexity index is 417. The highest BCUT2D eigenvalue weighted by Crippen LogP contribution is 2.27. The molecule has 66 valence electrons. The summed E-state index contributed by atoms with van der Waals surface area (Å²) in [7, 11) is 5.16. The first-order valence-electron chi connectivity index (χ1n) is 4.29. The molecule has 0 amide bonds. The average molecular weight is 181 g/mol. The van der Waals surface area contributed by atoms with E-state index in [1.165, 1.54) is 0 Å². The van der Waals surface area contributed by atoms with Gasteiger partial charge in [-0.2, -0.15) is 0 Å². The van der Waals surface area contributed by atoms with Crippen molar-refractivity contribution in [2.45, 2.75) is 0 Å². The zero-order chi connectivity index (χ0) is 9.80. The zero-order valence-electron chi connectivity index (χ0n) is 7.55. The van der Waals surface area contributed by atoms with Gasteiger partial charge in [0, 0.05) is 11.8 Å². The maximum atomic E-state index is 5.16. The van der Waals surface area contributed by atoms with Gasteiger partial charge in [-0.05, 0) is 24.3 Å². The molecular formula is C11H8BNO. The molecule has 2 nitrogen and oxygen atoms in total. The third-order valence-corrected chi connectivity index (χ3v) is 1.95. The summed E-state index contributed by atoms with van der Waals surface area (Å²) in [6.45, 7) is 0. The summed E-state index contributed by atoms with van der Waals surface area (Å²) in [6.07, 6.45) is 1.74. The van der Waals surface area contributed by atoms with Crippen molar-refractivity contribution in [2.75, 3.05) is 0 Å². The second kappa shape index (κ2) is 3.96. The van der Waals surface area contributed by atoms with Gasteiger partial charge in [0.05, 0.1) is 5.69 Å². The second-order valence-corrected chi connectivity index (χ2v) is 2.83. The summed E-state index contributed by atoms with van der Waals surface area (Å²) in [5, 5.41) is 0. The molecule has 2 rings (SSSR count). The first-order chi connectivity index (χ1) is 6.92. The maximum Gasteiger partial charge on any atom is 0.374 e. The molecule has 14 heavy (non-hydrogen) atoms. The Morgan fingerprint density at radius 2 is 1.79 bits per heavy atom. The molecule has 0 unspecified atom stereocenters. The normalized spacial score (nSPS) is 9.71. The summed E-state index contributed by atoms with van der Waals surface area (Å²) in [5.41, 5.74) is 1.75. The molecule has 0 saturated carbocycles. The zero-order valence-corrected chi connectivity index (χ0v) is 7.55. The van der Waals surface area contributed by atoms with E-state index in [2.05, 4.69) is 4.98 Å². The van der Waals surface area contributed by atoms with Crippen LogP contribution >= 0.6 is 0 Å². The number of aromatic nitrogens is 1. The van der Waals surface area contributed by atoms with Gasteiger partial charge >= 0.3 is 8.05 Å². The Morgan fingerprint density at radius 1 is 1.00 bits per heavy atom. The van der Waals surface area contributed by atoms with E-state index in [0.29, 0.717) is 5.75 Å². The first-order valence-corrected chi connectivity index (χ1v) is 4.29. The van der Waals surface area contributed by atoms with Crippen LogP contribution in [0.2, 0.25) is 0 Å². The van der Waals surface area contributed by atoms with E-state index in [0.717, 1.165) is 11.3 Å². The predicted octanol–water partition coefficient (Wildman–Crippen LogP) is 2.21. The van der Waals surface area contributed by atoms with Crippen molar-refractivity contribution in [3.8, 4) is 17.0 Å². The summed E-state index contributed by atoms with van der Waals surface area (Å²) in [4.78, 5) is 4.22. The first kappa shape index (κ1) is 8.82. The van der Waals surface area contributed by atoms with Gasteiger partial charge in [0.2, 0.25) is 0 Å². The lowest BCUT2D eigenvalue weighted by atomic mass is 10.1. The van der Waals surface area contributed by atoms with Gasteiger partial charge < -0.3 is 4.65 Å². The lowest BCUT2D eigenvalue weighted by Crippen LogP contribution is -1.90. The van der Waals surface area contributed by atoms with Crippen LogP contribution in [-0.2, 0) is 0 Å². The molecule has 0 N–H and O–H groups in total. The molecule has 1 aromatic carbocycles. The van der Waals surface area contributed by atoms with E-state index in [9.17, 15) is 0 Å². The summed E-state index contributed by atoms with van der Waals surface area (Å²) >= 11 is 0. The van der Waals surface area contributed by atoms with E-state index in [1.807, 2.05) is 42.5 Å². The van der Waals surface area contributed by atoms with Crippen LogP contribution in [0.3, 0.4) is 0 Å². The van der Waals surface area contributed by atoms with Crippen LogP contribution in [0.15, 0.2) is 48.7 Å². The van der Waals surface area contributed by atoms with Crippen LogP contribution in [-0.4, -0.2) is 13.0 Å². The standard InChI is InChI=1S/C11H8BNO/c12-14-11-7-2-1-5-9(11)10-6-3-4-8-13-10/h1-8H. The second-order valence-electron chi connectivity index (χ2n) is 2.83. The van der Waals surface area contributed by atoms with Gasteiger partial charge in [-0.3, -0.25) is 4.98 Å².